The first kappa shape index (κ1) is 19.8. The van der Waals surface area contributed by atoms with Crippen LogP contribution in [0, 0.1) is 5.92 Å². The van der Waals surface area contributed by atoms with Crippen LogP contribution in [0.1, 0.15) is 53.9 Å². The number of hydrogen-bond donors (Lipinski definition) is 2. The van der Waals surface area contributed by atoms with Gasteiger partial charge < -0.3 is 10.2 Å². The van der Waals surface area contributed by atoms with E-state index in [1.165, 1.54) is 0 Å². The molecular weight excluding hydrogens is 244 g/mol. The molecule has 0 bridgehead atoms. The van der Waals surface area contributed by atoms with E-state index < -0.39 is 11.9 Å². The van der Waals surface area contributed by atoms with E-state index in [0.717, 1.165) is 19.3 Å². The van der Waals surface area contributed by atoms with Crippen LogP contribution >= 0.6 is 0 Å². The van der Waals surface area contributed by atoms with Crippen molar-refractivity contribution >= 4 is 11.9 Å². The van der Waals surface area contributed by atoms with Gasteiger partial charge in [0.25, 0.3) is 0 Å². The summed E-state index contributed by atoms with van der Waals surface area (Å²) in [5.74, 6) is -1.32. The molecule has 4 nitrogen and oxygen atoms in total. The van der Waals surface area contributed by atoms with E-state index in [9.17, 15) is 9.59 Å². The van der Waals surface area contributed by atoms with E-state index in [1.807, 2.05) is 13.8 Å². The molecule has 110 valence electrons. The van der Waals surface area contributed by atoms with Gasteiger partial charge in [0.1, 0.15) is 0 Å². The third-order valence-corrected chi connectivity index (χ3v) is 2.27. The van der Waals surface area contributed by atoms with Crippen molar-refractivity contribution in [1.82, 2.24) is 0 Å². The normalized spacial score (nSPS) is 11.9. The van der Waals surface area contributed by atoms with Gasteiger partial charge in [-0.15, -0.1) is 0 Å². The summed E-state index contributed by atoms with van der Waals surface area (Å²) in [6, 6.07) is 0. The number of hydrogen-bond acceptors (Lipinski definition) is 2. The lowest BCUT2D eigenvalue weighted by Crippen LogP contribution is -1.97. The van der Waals surface area contributed by atoms with Crippen molar-refractivity contribution < 1.29 is 19.8 Å². The molecule has 0 radical (unpaired) electrons. The smallest absolute Gasteiger partial charge is 0.330 e. The maximum absolute atomic E-state index is 10.2. The molecule has 0 aromatic carbocycles. The van der Waals surface area contributed by atoms with Gasteiger partial charge in [0, 0.05) is 11.1 Å². The second kappa shape index (κ2) is 11.5. The van der Waals surface area contributed by atoms with Gasteiger partial charge >= 0.3 is 11.9 Å². The highest BCUT2D eigenvalue weighted by molar-refractivity contribution is 5.86. The van der Waals surface area contributed by atoms with Crippen LogP contribution in [0.5, 0.6) is 0 Å². The first-order valence-electron chi connectivity index (χ1n) is 6.54. The highest BCUT2D eigenvalue weighted by atomic mass is 16.4. The fourth-order valence-corrected chi connectivity index (χ4v) is 1.18. The third kappa shape index (κ3) is 14.4. The van der Waals surface area contributed by atoms with E-state index in [4.69, 9.17) is 10.2 Å². The predicted octanol–water partition coefficient (Wildman–Crippen LogP) is 3.88. The van der Waals surface area contributed by atoms with Gasteiger partial charge in [-0.1, -0.05) is 45.8 Å². The van der Waals surface area contributed by atoms with Gasteiger partial charge in [-0.2, -0.15) is 0 Å². The van der Waals surface area contributed by atoms with E-state index in [0.29, 0.717) is 17.1 Å². The Balaban J connectivity index is 0. The summed E-state index contributed by atoms with van der Waals surface area (Å²) in [4.78, 5) is 20.4. The standard InChI is InChI=1S/C8H14O2.C7H12O2/c1-3-4-5-6-7(2)8(9)10;1-5(2)4-6(3)7(8)9/h6H,3-5H2,1-2H3,(H,9,10);4-5H,1-3H3,(H,8,9). The fourth-order valence-electron chi connectivity index (χ4n) is 1.18. The summed E-state index contributed by atoms with van der Waals surface area (Å²) in [5.41, 5.74) is 0.874. The molecule has 0 aliphatic rings. The van der Waals surface area contributed by atoms with Gasteiger partial charge in [-0.3, -0.25) is 0 Å². The van der Waals surface area contributed by atoms with Crippen LogP contribution in [0.4, 0.5) is 0 Å². The molecule has 4 heteroatoms. The SMILES string of the molecule is CC(=CC(C)C)C(=O)O.CCCCC=C(C)C(=O)O. The van der Waals surface area contributed by atoms with Crippen molar-refractivity contribution in [3.05, 3.63) is 23.3 Å². The zero-order chi connectivity index (χ0) is 15.4. The minimum atomic E-state index is -0.830. The Labute approximate surface area is 115 Å². The molecule has 0 saturated heterocycles. The minimum Gasteiger partial charge on any atom is -0.478 e. The summed E-state index contributed by atoms with van der Waals surface area (Å²) in [6.07, 6.45) is 6.57. The summed E-state index contributed by atoms with van der Waals surface area (Å²) in [6.45, 7) is 9.21. The van der Waals surface area contributed by atoms with Crippen molar-refractivity contribution in [3.8, 4) is 0 Å². The molecule has 0 aromatic rings. The second-order valence-electron chi connectivity index (χ2n) is 4.73. The molecule has 0 aromatic heterocycles. The monoisotopic (exact) mass is 270 g/mol. The van der Waals surface area contributed by atoms with Crippen LogP contribution in [0.25, 0.3) is 0 Å². The molecule has 0 saturated carbocycles. The largest absolute Gasteiger partial charge is 0.478 e. The summed E-state index contributed by atoms with van der Waals surface area (Å²) in [7, 11) is 0. The molecule has 0 aliphatic heterocycles. The van der Waals surface area contributed by atoms with Crippen molar-refractivity contribution in [1.29, 1.82) is 0 Å². The predicted molar refractivity (Wildman–Crippen MR) is 77.1 cm³/mol. The number of unbranched alkanes of at least 4 members (excludes halogenated alkanes) is 2. The zero-order valence-corrected chi connectivity index (χ0v) is 12.6. The molecule has 0 atom stereocenters. The Hall–Kier alpha value is -1.58. The van der Waals surface area contributed by atoms with Crippen LogP contribution in [0.2, 0.25) is 0 Å². The number of allylic oxidation sites excluding steroid dienone is 2. The molecule has 0 fully saturated rings. The molecule has 0 unspecified atom stereocenters. The minimum absolute atomic E-state index is 0.320. The zero-order valence-electron chi connectivity index (χ0n) is 12.6. The number of aliphatic carboxylic acids is 2. The molecule has 0 heterocycles. The topological polar surface area (TPSA) is 74.6 Å². The molecule has 0 spiro atoms. The molecule has 2 N–H and O–H groups in total. The number of carboxylic acids is 2. The van der Waals surface area contributed by atoms with Crippen LogP contribution in [0.3, 0.4) is 0 Å². The van der Waals surface area contributed by atoms with E-state index in [2.05, 4.69) is 6.92 Å². The van der Waals surface area contributed by atoms with Crippen LogP contribution in [-0.4, -0.2) is 22.2 Å². The quantitative estimate of drug-likeness (QED) is 0.567. The summed E-state index contributed by atoms with van der Waals surface area (Å²) in [5, 5.41) is 16.8. The molecule has 19 heavy (non-hydrogen) atoms. The number of rotatable bonds is 6. The molecule has 0 aliphatic carbocycles. The van der Waals surface area contributed by atoms with E-state index in [1.54, 1.807) is 26.0 Å². The van der Waals surface area contributed by atoms with Crippen LogP contribution in [-0.2, 0) is 9.59 Å². The van der Waals surface area contributed by atoms with Crippen LogP contribution in [0.15, 0.2) is 23.3 Å². The highest BCUT2D eigenvalue weighted by Gasteiger charge is 1.98. The van der Waals surface area contributed by atoms with Crippen molar-refractivity contribution in [3.63, 3.8) is 0 Å². The maximum atomic E-state index is 10.2. The van der Waals surface area contributed by atoms with Gasteiger partial charge in [0.05, 0.1) is 0 Å². The summed E-state index contributed by atoms with van der Waals surface area (Å²) >= 11 is 0. The fraction of sp³-hybridized carbons (Fsp3) is 0.600. The molecule has 0 amide bonds. The average Bonchev–Trinajstić information content (AvgIpc) is 2.28. The third-order valence-electron chi connectivity index (χ3n) is 2.27. The Morgan fingerprint density at radius 3 is 1.79 bits per heavy atom. The average molecular weight is 270 g/mol. The first-order chi connectivity index (χ1) is 8.72. The van der Waals surface area contributed by atoms with E-state index >= 15 is 0 Å². The van der Waals surface area contributed by atoms with Crippen molar-refractivity contribution in [2.75, 3.05) is 0 Å². The number of carboxylic acid groups (broad SMARTS) is 2. The first-order valence-corrected chi connectivity index (χ1v) is 6.54. The van der Waals surface area contributed by atoms with Gasteiger partial charge in [0.15, 0.2) is 0 Å². The molecule has 0 rings (SSSR count). The Morgan fingerprint density at radius 1 is 1.05 bits per heavy atom. The van der Waals surface area contributed by atoms with Crippen molar-refractivity contribution in [2.24, 2.45) is 5.92 Å². The lowest BCUT2D eigenvalue weighted by Gasteiger charge is -1.95. The Morgan fingerprint density at radius 2 is 1.53 bits per heavy atom. The van der Waals surface area contributed by atoms with Gasteiger partial charge in [-0.25, -0.2) is 9.59 Å². The van der Waals surface area contributed by atoms with Gasteiger partial charge in [0.2, 0.25) is 0 Å². The Bertz CT molecular complexity index is 338. The molecular formula is C15H26O4. The van der Waals surface area contributed by atoms with Crippen LogP contribution < -0.4 is 0 Å². The highest BCUT2D eigenvalue weighted by Crippen LogP contribution is 2.01. The van der Waals surface area contributed by atoms with Crippen molar-refractivity contribution in [2.45, 2.75) is 53.9 Å². The maximum Gasteiger partial charge on any atom is 0.330 e. The van der Waals surface area contributed by atoms with Gasteiger partial charge in [-0.05, 0) is 26.2 Å². The summed E-state index contributed by atoms with van der Waals surface area (Å²) < 4.78 is 0. The number of carbonyl (C=O) groups is 2. The lowest BCUT2D eigenvalue weighted by molar-refractivity contribution is -0.133. The lowest BCUT2D eigenvalue weighted by atomic mass is 10.1. The second-order valence-corrected chi connectivity index (χ2v) is 4.73. The Kier molecular flexibility index (Phi) is 12.0. The van der Waals surface area contributed by atoms with E-state index in [-0.39, 0.29) is 0 Å².